The summed E-state index contributed by atoms with van der Waals surface area (Å²) in [5.74, 6) is -0.611. The summed E-state index contributed by atoms with van der Waals surface area (Å²) in [6, 6.07) is 10.8. The number of carbonyl (C=O) groups is 2. The van der Waals surface area contributed by atoms with Crippen LogP contribution in [0.3, 0.4) is 0 Å². The quantitative estimate of drug-likeness (QED) is 0.778. The number of benzene rings is 2. The zero-order valence-electron chi connectivity index (χ0n) is 15.3. The topological polar surface area (TPSA) is 49.4 Å². The Labute approximate surface area is 173 Å². The van der Waals surface area contributed by atoms with E-state index in [-0.39, 0.29) is 23.5 Å². The lowest BCUT2D eigenvalue weighted by Crippen LogP contribution is -2.43. The maximum atomic E-state index is 13.0. The van der Waals surface area contributed by atoms with Crippen LogP contribution in [0.15, 0.2) is 42.5 Å². The fraction of sp³-hybridized carbons (Fsp3) is 0.333. The summed E-state index contributed by atoms with van der Waals surface area (Å²) in [6.07, 6.45) is 1.85. The number of piperidine rings is 1. The van der Waals surface area contributed by atoms with Gasteiger partial charge in [0.25, 0.3) is 5.91 Å². The average molecular weight is 423 g/mol. The molecule has 2 aromatic carbocycles. The second kappa shape index (κ2) is 9.39. The first kappa shape index (κ1) is 20.6. The minimum absolute atomic E-state index is 0.000956. The third-order valence-electron chi connectivity index (χ3n) is 4.95. The number of carbonyl (C=O) groups excluding carboxylic acids is 2. The van der Waals surface area contributed by atoms with Gasteiger partial charge < -0.3 is 10.2 Å². The van der Waals surface area contributed by atoms with Gasteiger partial charge in [-0.3, -0.25) is 9.59 Å². The minimum Gasteiger partial charge on any atom is -0.356 e. The van der Waals surface area contributed by atoms with Crippen molar-refractivity contribution >= 4 is 35.0 Å². The van der Waals surface area contributed by atoms with Gasteiger partial charge in [0.2, 0.25) is 5.91 Å². The van der Waals surface area contributed by atoms with Gasteiger partial charge in [-0.25, -0.2) is 4.39 Å². The fourth-order valence-corrected chi connectivity index (χ4v) is 3.81. The number of nitrogens with one attached hydrogen (secondary N) is 1. The first-order valence-corrected chi connectivity index (χ1v) is 9.96. The molecule has 0 bridgehead atoms. The first-order valence-electron chi connectivity index (χ1n) is 9.20. The minimum atomic E-state index is -0.369. The van der Waals surface area contributed by atoms with Crippen LogP contribution in [-0.2, 0) is 11.2 Å². The molecule has 0 saturated carbocycles. The molecule has 1 heterocycles. The van der Waals surface area contributed by atoms with Crippen molar-refractivity contribution < 1.29 is 14.0 Å². The highest BCUT2D eigenvalue weighted by atomic mass is 35.5. The van der Waals surface area contributed by atoms with Crippen molar-refractivity contribution in [2.45, 2.75) is 19.3 Å². The molecule has 7 heteroatoms. The van der Waals surface area contributed by atoms with Crippen LogP contribution in [0.4, 0.5) is 4.39 Å². The van der Waals surface area contributed by atoms with Crippen LogP contribution in [-0.4, -0.2) is 36.3 Å². The molecule has 2 amide bonds. The van der Waals surface area contributed by atoms with E-state index in [1.807, 2.05) is 6.07 Å². The van der Waals surface area contributed by atoms with Gasteiger partial charge in [-0.1, -0.05) is 29.3 Å². The number of hydrogen-bond donors (Lipinski definition) is 1. The van der Waals surface area contributed by atoms with E-state index in [9.17, 15) is 14.0 Å². The Hall–Kier alpha value is -2.11. The summed E-state index contributed by atoms with van der Waals surface area (Å²) in [7, 11) is 0. The molecular formula is C21H21Cl2FN2O2. The van der Waals surface area contributed by atoms with E-state index < -0.39 is 0 Å². The standard InChI is InChI=1S/C21H21Cl2FN2O2/c22-17-4-1-14(19(23)13-17)7-10-25-20(27)15-8-11-26(12-9-15)21(28)16-2-5-18(24)6-3-16/h1-6,13,15H,7-12H2,(H,25,27). The summed E-state index contributed by atoms with van der Waals surface area (Å²) in [6.45, 7) is 1.52. The normalized spacial score (nSPS) is 14.8. The molecule has 1 fully saturated rings. The molecule has 0 spiro atoms. The van der Waals surface area contributed by atoms with Gasteiger partial charge in [-0.2, -0.15) is 0 Å². The smallest absolute Gasteiger partial charge is 0.253 e. The number of rotatable bonds is 5. The molecule has 1 aliphatic rings. The van der Waals surface area contributed by atoms with Crippen LogP contribution < -0.4 is 5.32 Å². The number of likely N-dealkylation sites (tertiary alicyclic amines) is 1. The van der Waals surface area contributed by atoms with Gasteiger partial charge in [-0.05, 0) is 61.2 Å². The molecule has 0 aromatic heterocycles. The van der Waals surface area contributed by atoms with Crippen molar-refractivity contribution in [1.82, 2.24) is 10.2 Å². The summed E-state index contributed by atoms with van der Waals surface area (Å²) < 4.78 is 13.0. The summed E-state index contributed by atoms with van der Waals surface area (Å²) >= 11 is 12.0. The zero-order valence-corrected chi connectivity index (χ0v) is 16.8. The predicted molar refractivity (Wildman–Crippen MR) is 108 cm³/mol. The molecule has 1 N–H and O–H groups in total. The Morgan fingerprint density at radius 3 is 2.39 bits per heavy atom. The molecule has 1 aliphatic heterocycles. The van der Waals surface area contributed by atoms with Gasteiger partial charge in [-0.15, -0.1) is 0 Å². The van der Waals surface area contributed by atoms with Crippen molar-refractivity contribution in [3.05, 3.63) is 69.5 Å². The fourth-order valence-electron chi connectivity index (χ4n) is 3.31. The summed E-state index contributed by atoms with van der Waals surface area (Å²) in [4.78, 5) is 26.6. The average Bonchev–Trinajstić information content (AvgIpc) is 2.69. The van der Waals surface area contributed by atoms with Gasteiger partial charge in [0.15, 0.2) is 0 Å². The zero-order chi connectivity index (χ0) is 20.1. The first-order chi connectivity index (χ1) is 13.4. The van der Waals surface area contributed by atoms with E-state index in [1.54, 1.807) is 17.0 Å². The molecule has 148 valence electrons. The van der Waals surface area contributed by atoms with Gasteiger partial charge in [0.05, 0.1) is 0 Å². The Kier molecular flexibility index (Phi) is 6.92. The van der Waals surface area contributed by atoms with Gasteiger partial charge in [0, 0.05) is 41.2 Å². The van der Waals surface area contributed by atoms with Crippen molar-refractivity contribution in [3.8, 4) is 0 Å². The lowest BCUT2D eigenvalue weighted by atomic mass is 9.95. The van der Waals surface area contributed by atoms with Crippen LogP contribution in [0.25, 0.3) is 0 Å². The Morgan fingerprint density at radius 1 is 1.07 bits per heavy atom. The monoisotopic (exact) mass is 422 g/mol. The van der Waals surface area contributed by atoms with E-state index >= 15 is 0 Å². The number of hydrogen-bond acceptors (Lipinski definition) is 2. The SMILES string of the molecule is O=C(NCCc1ccc(Cl)cc1Cl)C1CCN(C(=O)c2ccc(F)cc2)CC1. The molecule has 2 aromatic rings. The highest BCUT2D eigenvalue weighted by molar-refractivity contribution is 6.35. The maximum absolute atomic E-state index is 13.0. The van der Waals surface area contributed by atoms with E-state index in [0.717, 1.165) is 5.56 Å². The van der Waals surface area contributed by atoms with Gasteiger partial charge >= 0.3 is 0 Å². The van der Waals surface area contributed by atoms with E-state index in [1.165, 1.54) is 24.3 Å². The third kappa shape index (κ3) is 5.24. The van der Waals surface area contributed by atoms with Crippen LogP contribution in [0.5, 0.6) is 0 Å². The molecule has 0 radical (unpaired) electrons. The largest absolute Gasteiger partial charge is 0.356 e. The Morgan fingerprint density at radius 2 is 1.75 bits per heavy atom. The maximum Gasteiger partial charge on any atom is 0.253 e. The van der Waals surface area contributed by atoms with Crippen molar-refractivity contribution in [1.29, 1.82) is 0 Å². The van der Waals surface area contributed by atoms with Crippen molar-refractivity contribution in [2.75, 3.05) is 19.6 Å². The molecule has 0 unspecified atom stereocenters. The second-order valence-corrected chi connectivity index (χ2v) is 7.69. The molecule has 0 aliphatic carbocycles. The highest BCUT2D eigenvalue weighted by Gasteiger charge is 2.27. The second-order valence-electron chi connectivity index (χ2n) is 6.85. The molecular weight excluding hydrogens is 402 g/mol. The van der Waals surface area contributed by atoms with E-state index in [0.29, 0.717) is 54.5 Å². The Balaban J connectivity index is 1.44. The van der Waals surface area contributed by atoms with Crippen molar-refractivity contribution in [3.63, 3.8) is 0 Å². The van der Waals surface area contributed by atoms with E-state index in [4.69, 9.17) is 23.2 Å². The number of halogens is 3. The lowest BCUT2D eigenvalue weighted by Gasteiger charge is -2.31. The molecule has 3 rings (SSSR count). The van der Waals surface area contributed by atoms with Crippen LogP contribution in [0.2, 0.25) is 10.0 Å². The Bertz CT molecular complexity index is 850. The molecule has 28 heavy (non-hydrogen) atoms. The van der Waals surface area contributed by atoms with Crippen LogP contribution in [0, 0.1) is 11.7 Å². The van der Waals surface area contributed by atoms with Crippen LogP contribution in [0.1, 0.15) is 28.8 Å². The number of nitrogens with zero attached hydrogens (tertiary/aromatic N) is 1. The lowest BCUT2D eigenvalue weighted by molar-refractivity contribution is -0.126. The molecule has 1 saturated heterocycles. The molecule has 4 nitrogen and oxygen atoms in total. The van der Waals surface area contributed by atoms with Crippen molar-refractivity contribution in [2.24, 2.45) is 5.92 Å². The summed E-state index contributed by atoms with van der Waals surface area (Å²) in [5.41, 5.74) is 1.40. The molecule has 0 atom stereocenters. The number of amides is 2. The van der Waals surface area contributed by atoms with E-state index in [2.05, 4.69) is 5.32 Å². The summed E-state index contributed by atoms with van der Waals surface area (Å²) in [5, 5.41) is 4.12. The third-order valence-corrected chi connectivity index (χ3v) is 5.54. The predicted octanol–water partition coefficient (Wildman–Crippen LogP) is 4.34. The van der Waals surface area contributed by atoms with Gasteiger partial charge in [0.1, 0.15) is 5.82 Å². The van der Waals surface area contributed by atoms with Crippen LogP contribution >= 0.6 is 23.2 Å². The highest BCUT2D eigenvalue weighted by Crippen LogP contribution is 2.22.